The van der Waals surface area contributed by atoms with Gasteiger partial charge in [-0.05, 0) is 55.9 Å². The first kappa shape index (κ1) is 28.0. The summed E-state index contributed by atoms with van der Waals surface area (Å²) in [4.78, 5) is 45.3. The summed E-state index contributed by atoms with van der Waals surface area (Å²) in [5.41, 5.74) is 0.651. The van der Waals surface area contributed by atoms with Gasteiger partial charge in [-0.2, -0.15) is 0 Å². The number of fused-ring (bicyclic) bond motifs is 1. The number of benzene rings is 1. The summed E-state index contributed by atoms with van der Waals surface area (Å²) in [7, 11) is 0. The summed E-state index contributed by atoms with van der Waals surface area (Å²) >= 11 is 7.72. The van der Waals surface area contributed by atoms with Gasteiger partial charge in [0.05, 0.1) is 35.8 Å². The normalized spacial score (nSPS) is 30.9. The van der Waals surface area contributed by atoms with Crippen molar-refractivity contribution >= 4 is 46.8 Å². The molecule has 9 heteroatoms. The number of hydrogen-bond acceptors (Lipinski definition) is 6. The van der Waals surface area contributed by atoms with E-state index in [-0.39, 0.29) is 54.6 Å². The Morgan fingerprint density at radius 1 is 1.35 bits per heavy atom. The zero-order valence-corrected chi connectivity index (χ0v) is 23.5. The number of rotatable bonds is 10. The number of thioether (sulfide) groups is 1. The van der Waals surface area contributed by atoms with Gasteiger partial charge in [0.15, 0.2) is 0 Å². The average molecular weight is 549 g/mol. The fraction of sp³-hybridized carbons (Fsp3) is 0.607. The van der Waals surface area contributed by atoms with Crippen molar-refractivity contribution < 1.29 is 24.2 Å². The van der Waals surface area contributed by atoms with E-state index in [0.29, 0.717) is 17.1 Å². The van der Waals surface area contributed by atoms with E-state index in [1.807, 2.05) is 13.8 Å². The van der Waals surface area contributed by atoms with E-state index >= 15 is 0 Å². The molecule has 0 saturated carbocycles. The van der Waals surface area contributed by atoms with Crippen molar-refractivity contribution in [2.24, 2.45) is 23.7 Å². The third-order valence-corrected chi connectivity index (χ3v) is 10.4. The molecular weight excluding hydrogens is 512 g/mol. The van der Waals surface area contributed by atoms with Crippen LogP contribution in [-0.2, 0) is 19.1 Å². The molecule has 1 spiro atoms. The largest absolute Gasteiger partial charge is 0.466 e. The first-order chi connectivity index (χ1) is 17.6. The number of anilines is 1. The van der Waals surface area contributed by atoms with Crippen LogP contribution in [0.3, 0.4) is 0 Å². The van der Waals surface area contributed by atoms with Crippen LogP contribution in [0.25, 0.3) is 0 Å². The average Bonchev–Trinajstić information content (AvgIpc) is 3.45. The molecule has 3 heterocycles. The molecule has 7 nitrogen and oxygen atoms in total. The fourth-order valence-corrected chi connectivity index (χ4v) is 9.20. The molecule has 3 fully saturated rings. The molecule has 1 N–H and O–H groups in total. The zero-order valence-electron chi connectivity index (χ0n) is 21.9. The van der Waals surface area contributed by atoms with Crippen molar-refractivity contribution in [3.8, 4) is 0 Å². The monoisotopic (exact) mass is 548 g/mol. The van der Waals surface area contributed by atoms with E-state index in [0.717, 1.165) is 6.42 Å². The van der Waals surface area contributed by atoms with Crippen LogP contribution in [0.15, 0.2) is 36.9 Å². The Labute approximate surface area is 228 Å². The van der Waals surface area contributed by atoms with Gasteiger partial charge in [0.1, 0.15) is 6.04 Å². The van der Waals surface area contributed by atoms with Crippen molar-refractivity contribution in [1.82, 2.24) is 4.90 Å². The maximum absolute atomic E-state index is 14.6. The molecule has 3 saturated heterocycles. The molecule has 0 aromatic heterocycles. The standard InChI is InChI=1S/C28H37ClN2O5S/c1-6-12-30(19-10-8-18(29)9-11-19)26(34)24-28-17(5)14-21(37-28)22(27(35)36-7-2)23(28)25(33)31(24)20(15-32)13-16(3)4/h6,8-11,16-17,20-24,32H,1,7,12-15H2,2-5H3/t17?,20-,21-,22+,23+,24?,28?/m1/s1. The lowest BCUT2D eigenvalue weighted by Crippen LogP contribution is -2.59. The van der Waals surface area contributed by atoms with Gasteiger partial charge in [-0.1, -0.05) is 38.4 Å². The molecular formula is C28H37ClN2O5S. The minimum atomic E-state index is -0.832. The van der Waals surface area contributed by atoms with Crippen molar-refractivity contribution in [3.63, 3.8) is 0 Å². The SMILES string of the molecule is C=CCN(C(=O)C1N([C@@H](CO)CC(C)C)C(=O)[C@@H]2[C@@H](C(=O)OCC)[C@H]3CC(C)C12S3)c1ccc(Cl)cc1. The number of halogens is 1. The van der Waals surface area contributed by atoms with Gasteiger partial charge in [0.25, 0.3) is 5.91 Å². The lowest BCUT2D eigenvalue weighted by Gasteiger charge is -2.42. The van der Waals surface area contributed by atoms with Gasteiger partial charge in [0, 0.05) is 22.5 Å². The summed E-state index contributed by atoms with van der Waals surface area (Å²) in [5.74, 6) is -1.88. The lowest BCUT2D eigenvalue weighted by molar-refractivity contribution is -0.154. The van der Waals surface area contributed by atoms with Crippen molar-refractivity contribution in [2.75, 3.05) is 24.7 Å². The number of carbonyl (C=O) groups is 3. The van der Waals surface area contributed by atoms with E-state index in [9.17, 15) is 19.5 Å². The maximum Gasteiger partial charge on any atom is 0.310 e. The number of amides is 2. The first-order valence-electron chi connectivity index (χ1n) is 13.1. The van der Waals surface area contributed by atoms with Crippen molar-refractivity contribution in [2.45, 2.75) is 62.6 Å². The highest BCUT2D eigenvalue weighted by Gasteiger charge is 2.77. The molecule has 1 aromatic carbocycles. The highest BCUT2D eigenvalue weighted by Crippen LogP contribution is 2.69. The number of likely N-dealkylation sites (tertiary alicyclic amines) is 1. The van der Waals surface area contributed by atoms with Crippen LogP contribution < -0.4 is 4.90 Å². The Kier molecular flexibility index (Phi) is 8.31. The fourth-order valence-electron chi connectivity index (χ4n) is 6.68. The van der Waals surface area contributed by atoms with Crippen LogP contribution in [0, 0.1) is 23.7 Å². The highest BCUT2D eigenvalue weighted by molar-refractivity contribution is 8.02. The number of aliphatic hydroxyl groups is 1. The second-order valence-electron chi connectivity index (χ2n) is 10.7. The second kappa shape index (κ2) is 11.0. The van der Waals surface area contributed by atoms with Crippen molar-refractivity contribution in [3.05, 3.63) is 41.9 Å². The summed E-state index contributed by atoms with van der Waals surface area (Å²) in [5, 5.41) is 10.9. The molecule has 202 valence electrons. The Bertz CT molecular complexity index is 1050. The summed E-state index contributed by atoms with van der Waals surface area (Å²) in [6.45, 7) is 12.0. The second-order valence-corrected chi connectivity index (χ2v) is 12.7. The molecule has 7 atom stereocenters. The van der Waals surface area contributed by atoms with E-state index in [1.165, 1.54) is 0 Å². The van der Waals surface area contributed by atoms with Gasteiger partial charge in [-0.3, -0.25) is 14.4 Å². The Morgan fingerprint density at radius 3 is 2.59 bits per heavy atom. The van der Waals surface area contributed by atoms with Crippen LogP contribution in [0.4, 0.5) is 5.69 Å². The van der Waals surface area contributed by atoms with Crippen LogP contribution in [0.2, 0.25) is 5.02 Å². The molecule has 1 aromatic rings. The minimum absolute atomic E-state index is 0.0234. The topological polar surface area (TPSA) is 87.2 Å². The third kappa shape index (κ3) is 4.59. The van der Waals surface area contributed by atoms with Gasteiger partial charge >= 0.3 is 5.97 Å². The highest BCUT2D eigenvalue weighted by atomic mass is 35.5. The predicted octanol–water partition coefficient (Wildman–Crippen LogP) is 4.17. The van der Waals surface area contributed by atoms with Crippen LogP contribution in [0.5, 0.6) is 0 Å². The van der Waals surface area contributed by atoms with Crippen LogP contribution in [0.1, 0.15) is 40.5 Å². The van der Waals surface area contributed by atoms with Gasteiger partial charge < -0.3 is 19.6 Å². The van der Waals surface area contributed by atoms with E-state index < -0.39 is 28.7 Å². The molecule has 37 heavy (non-hydrogen) atoms. The maximum atomic E-state index is 14.6. The molecule has 2 amide bonds. The Hall–Kier alpha value is -2.03. The minimum Gasteiger partial charge on any atom is -0.466 e. The van der Waals surface area contributed by atoms with Gasteiger partial charge in [-0.25, -0.2) is 0 Å². The quantitative estimate of drug-likeness (QED) is 0.349. The molecule has 3 unspecified atom stereocenters. The first-order valence-corrected chi connectivity index (χ1v) is 14.3. The van der Waals surface area contributed by atoms with Gasteiger partial charge in [0.2, 0.25) is 5.91 Å². The molecule has 4 rings (SSSR count). The molecule has 2 bridgehead atoms. The van der Waals surface area contributed by atoms with E-state index in [2.05, 4.69) is 13.5 Å². The Morgan fingerprint density at radius 2 is 2.03 bits per heavy atom. The number of nitrogens with zero attached hydrogens (tertiary/aromatic N) is 2. The van der Waals surface area contributed by atoms with E-state index in [4.69, 9.17) is 16.3 Å². The Balaban J connectivity index is 1.85. The number of esters is 1. The summed E-state index contributed by atoms with van der Waals surface area (Å²) in [6, 6.07) is 5.64. The summed E-state index contributed by atoms with van der Waals surface area (Å²) < 4.78 is 4.64. The number of aliphatic hydroxyl groups excluding tert-OH is 1. The summed E-state index contributed by atoms with van der Waals surface area (Å²) in [6.07, 6.45) is 2.93. The molecule has 3 aliphatic rings. The smallest absolute Gasteiger partial charge is 0.310 e. The predicted molar refractivity (Wildman–Crippen MR) is 146 cm³/mol. The zero-order chi connectivity index (χ0) is 27.1. The van der Waals surface area contributed by atoms with Gasteiger partial charge in [-0.15, -0.1) is 18.3 Å². The number of hydrogen-bond donors (Lipinski definition) is 1. The van der Waals surface area contributed by atoms with E-state index in [1.54, 1.807) is 58.8 Å². The number of ether oxygens (including phenoxy) is 1. The molecule has 0 aliphatic carbocycles. The third-order valence-electron chi connectivity index (χ3n) is 8.04. The number of carbonyl (C=O) groups excluding carboxylic acids is 3. The van der Waals surface area contributed by atoms with Crippen LogP contribution >= 0.6 is 23.4 Å². The molecule has 0 radical (unpaired) electrons. The molecule has 3 aliphatic heterocycles. The van der Waals surface area contributed by atoms with Crippen LogP contribution in [-0.4, -0.2) is 69.6 Å². The van der Waals surface area contributed by atoms with Crippen molar-refractivity contribution in [1.29, 1.82) is 0 Å². The lowest BCUT2D eigenvalue weighted by atomic mass is 9.66.